The molecule has 1 fully saturated rings. The van der Waals surface area contributed by atoms with Crippen LogP contribution in [0.1, 0.15) is 26.2 Å². The highest BCUT2D eigenvalue weighted by molar-refractivity contribution is 5.86. The summed E-state index contributed by atoms with van der Waals surface area (Å²) in [6.07, 6.45) is 3.52. The zero-order chi connectivity index (χ0) is 9.19. The summed E-state index contributed by atoms with van der Waals surface area (Å²) in [5, 5.41) is 11.7. The Morgan fingerprint density at radius 1 is 1.67 bits per heavy atom. The van der Waals surface area contributed by atoms with E-state index in [1.165, 1.54) is 6.42 Å². The van der Waals surface area contributed by atoms with E-state index < -0.39 is 5.97 Å². The molecule has 0 aromatic rings. The van der Waals surface area contributed by atoms with Crippen molar-refractivity contribution in [3.05, 3.63) is 12.2 Å². The van der Waals surface area contributed by atoms with Crippen LogP contribution in [0.4, 0.5) is 0 Å². The summed E-state index contributed by atoms with van der Waals surface area (Å²) in [4.78, 5) is 10.4. The maximum Gasteiger partial charge on any atom is 0.332 e. The largest absolute Gasteiger partial charge is 0.478 e. The maximum absolute atomic E-state index is 10.4. The molecular formula is C9H15NO2. The van der Waals surface area contributed by atoms with Crippen LogP contribution in [-0.4, -0.2) is 23.2 Å². The molecule has 1 aliphatic rings. The van der Waals surface area contributed by atoms with Crippen LogP contribution in [0.2, 0.25) is 0 Å². The number of rotatable bonds is 4. The smallest absolute Gasteiger partial charge is 0.332 e. The monoisotopic (exact) mass is 169 g/mol. The van der Waals surface area contributed by atoms with E-state index in [9.17, 15) is 4.79 Å². The molecule has 0 spiro atoms. The van der Waals surface area contributed by atoms with Crippen molar-refractivity contribution in [1.29, 1.82) is 0 Å². The molecule has 0 unspecified atom stereocenters. The molecule has 2 N–H and O–H groups in total. The lowest BCUT2D eigenvalue weighted by molar-refractivity contribution is -0.132. The van der Waals surface area contributed by atoms with Gasteiger partial charge in [0.05, 0.1) is 0 Å². The van der Waals surface area contributed by atoms with Crippen LogP contribution in [0.15, 0.2) is 12.2 Å². The molecule has 0 aliphatic heterocycles. The lowest BCUT2D eigenvalue weighted by atomic mass is 9.78. The van der Waals surface area contributed by atoms with Gasteiger partial charge in [0.25, 0.3) is 0 Å². The summed E-state index contributed by atoms with van der Waals surface area (Å²) >= 11 is 0. The summed E-state index contributed by atoms with van der Waals surface area (Å²) in [5.74, 6) is -0.912. The van der Waals surface area contributed by atoms with Gasteiger partial charge in [-0.15, -0.1) is 0 Å². The van der Waals surface area contributed by atoms with Gasteiger partial charge in [-0.2, -0.15) is 0 Å². The highest BCUT2D eigenvalue weighted by Gasteiger charge is 2.31. The van der Waals surface area contributed by atoms with Crippen LogP contribution >= 0.6 is 0 Å². The molecule has 0 bridgehead atoms. The summed E-state index contributed by atoms with van der Waals surface area (Å²) in [5.41, 5.74) is 0.404. The molecule has 0 aromatic heterocycles. The van der Waals surface area contributed by atoms with Crippen molar-refractivity contribution < 1.29 is 9.90 Å². The van der Waals surface area contributed by atoms with Crippen LogP contribution in [0.5, 0.6) is 0 Å². The molecular weight excluding hydrogens is 154 g/mol. The summed E-state index contributed by atoms with van der Waals surface area (Å²) in [6.45, 7) is 5.96. The van der Waals surface area contributed by atoms with Gasteiger partial charge in [0.2, 0.25) is 0 Å². The normalized spacial score (nSPS) is 19.8. The first-order chi connectivity index (χ1) is 5.53. The quantitative estimate of drug-likeness (QED) is 0.621. The number of hydrogen-bond donors (Lipinski definition) is 2. The van der Waals surface area contributed by atoms with Crippen molar-refractivity contribution in [2.75, 3.05) is 6.54 Å². The van der Waals surface area contributed by atoms with Crippen molar-refractivity contribution in [3.63, 3.8) is 0 Å². The summed E-state index contributed by atoms with van der Waals surface area (Å²) in [6, 6.07) is 0. The SMILES string of the molecule is C=C(CNC1(C)CCC1)C(=O)O. The van der Waals surface area contributed by atoms with Gasteiger partial charge >= 0.3 is 5.97 Å². The Kier molecular flexibility index (Phi) is 2.52. The molecule has 3 nitrogen and oxygen atoms in total. The minimum Gasteiger partial charge on any atom is -0.478 e. The highest BCUT2D eigenvalue weighted by Crippen LogP contribution is 2.30. The second-order valence-electron chi connectivity index (χ2n) is 3.68. The Labute approximate surface area is 72.5 Å². The van der Waals surface area contributed by atoms with Crippen molar-refractivity contribution in [2.24, 2.45) is 0 Å². The first-order valence-electron chi connectivity index (χ1n) is 4.20. The van der Waals surface area contributed by atoms with Gasteiger partial charge in [-0.1, -0.05) is 6.58 Å². The molecule has 0 atom stereocenters. The summed E-state index contributed by atoms with van der Waals surface area (Å²) in [7, 11) is 0. The second kappa shape index (κ2) is 3.27. The lowest BCUT2D eigenvalue weighted by Gasteiger charge is -2.39. The Bertz CT molecular complexity index is 207. The second-order valence-corrected chi connectivity index (χ2v) is 3.68. The fraction of sp³-hybridized carbons (Fsp3) is 0.667. The molecule has 0 saturated heterocycles. The lowest BCUT2D eigenvalue weighted by Crippen LogP contribution is -2.49. The van der Waals surface area contributed by atoms with E-state index >= 15 is 0 Å². The van der Waals surface area contributed by atoms with Gasteiger partial charge in [0.1, 0.15) is 0 Å². The molecule has 0 amide bonds. The predicted octanol–water partition coefficient (Wildman–Crippen LogP) is 1.16. The molecule has 0 heterocycles. The van der Waals surface area contributed by atoms with Crippen LogP contribution in [-0.2, 0) is 4.79 Å². The first-order valence-corrected chi connectivity index (χ1v) is 4.20. The molecule has 1 rings (SSSR count). The number of nitrogens with one attached hydrogen (secondary N) is 1. The average molecular weight is 169 g/mol. The molecule has 3 heteroatoms. The molecule has 68 valence electrons. The van der Waals surface area contributed by atoms with Crippen molar-refractivity contribution in [1.82, 2.24) is 5.32 Å². The average Bonchev–Trinajstić information content (AvgIpc) is 1.96. The van der Waals surface area contributed by atoms with Crippen LogP contribution in [0, 0.1) is 0 Å². The predicted molar refractivity (Wildman–Crippen MR) is 47.0 cm³/mol. The number of carboxylic acid groups (broad SMARTS) is 1. The van der Waals surface area contributed by atoms with Gasteiger partial charge in [-0.3, -0.25) is 0 Å². The number of aliphatic carboxylic acids is 1. The van der Waals surface area contributed by atoms with Crippen molar-refractivity contribution in [3.8, 4) is 0 Å². The fourth-order valence-electron chi connectivity index (χ4n) is 1.28. The van der Waals surface area contributed by atoms with Gasteiger partial charge in [-0.05, 0) is 26.2 Å². The van der Waals surface area contributed by atoms with E-state index in [1.54, 1.807) is 0 Å². The van der Waals surface area contributed by atoms with Gasteiger partial charge < -0.3 is 10.4 Å². The zero-order valence-electron chi connectivity index (χ0n) is 7.39. The molecule has 0 radical (unpaired) electrons. The van der Waals surface area contributed by atoms with Gasteiger partial charge in [0, 0.05) is 17.7 Å². The minimum atomic E-state index is -0.912. The zero-order valence-corrected chi connectivity index (χ0v) is 7.39. The van der Waals surface area contributed by atoms with Gasteiger partial charge in [0.15, 0.2) is 0 Å². The number of hydrogen-bond acceptors (Lipinski definition) is 2. The number of carboxylic acids is 1. The van der Waals surface area contributed by atoms with E-state index in [0.717, 1.165) is 12.8 Å². The van der Waals surface area contributed by atoms with Crippen LogP contribution in [0.3, 0.4) is 0 Å². The number of carbonyl (C=O) groups is 1. The fourth-order valence-corrected chi connectivity index (χ4v) is 1.28. The Balaban J connectivity index is 2.25. The van der Waals surface area contributed by atoms with Gasteiger partial charge in [-0.25, -0.2) is 4.79 Å². The summed E-state index contributed by atoms with van der Waals surface area (Å²) < 4.78 is 0. The topological polar surface area (TPSA) is 49.3 Å². The Hall–Kier alpha value is -0.830. The Morgan fingerprint density at radius 3 is 2.58 bits per heavy atom. The van der Waals surface area contributed by atoms with Crippen molar-refractivity contribution >= 4 is 5.97 Å². The minimum absolute atomic E-state index is 0.165. The first kappa shape index (κ1) is 9.26. The van der Waals surface area contributed by atoms with Crippen molar-refractivity contribution in [2.45, 2.75) is 31.7 Å². The highest BCUT2D eigenvalue weighted by atomic mass is 16.4. The van der Waals surface area contributed by atoms with E-state index in [4.69, 9.17) is 5.11 Å². The van der Waals surface area contributed by atoms with E-state index in [2.05, 4.69) is 18.8 Å². The third-order valence-corrected chi connectivity index (χ3v) is 2.49. The van der Waals surface area contributed by atoms with E-state index in [1.807, 2.05) is 0 Å². The van der Waals surface area contributed by atoms with E-state index in [0.29, 0.717) is 6.54 Å². The molecule has 12 heavy (non-hydrogen) atoms. The van der Waals surface area contributed by atoms with E-state index in [-0.39, 0.29) is 11.1 Å². The third kappa shape index (κ3) is 2.08. The standard InChI is InChI=1S/C9H15NO2/c1-7(8(11)12)6-10-9(2)4-3-5-9/h10H,1,3-6H2,2H3,(H,11,12). The molecule has 0 aromatic carbocycles. The molecule has 1 saturated carbocycles. The maximum atomic E-state index is 10.4. The molecule has 1 aliphatic carbocycles. The van der Waals surface area contributed by atoms with Crippen LogP contribution in [0.25, 0.3) is 0 Å². The van der Waals surface area contributed by atoms with Crippen LogP contribution < -0.4 is 5.32 Å². The Morgan fingerprint density at radius 2 is 2.25 bits per heavy atom. The third-order valence-electron chi connectivity index (χ3n) is 2.49.